The van der Waals surface area contributed by atoms with Gasteiger partial charge in [0.05, 0.1) is 28.9 Å². The number of aliphatic hydroxyl groups is 2. The standard InChI is InChI=1S/C25H30O11/c1-6-15-22(30)36-24(5)9-16(33-20(28)12(2)10-26)17-14(11-32-13(3)27)21(29)34-18(17)19-23(4,35-19)7-8-25(15,24)31/h6,16,18-19,26,31H,2,7-11H2,1,3-5H3/b15-6+/t16?,18-,19+,23+,24+,25+/m0/s1. The number of epoxide rings is 1. The van der Waals surface area contributed by atoms with Crippen molar-refractivity contribution in [1.29, 1.82) is 0 Å². The van der Waals surface area contributed by atoms with E-state index < -0.39 is 72.2 Å². The largest absolute Gasteiger partial charge is 0.461 e. The van der Waals surface area contributed by atoms with E-state index in [0.717, 1.165) is 0 Å². The van der Waals surface area contributed by atoms with E-state index in [0.29, 0.717) is 6.42 Å². The molecule has 196 valence electrons. The Morgan fingerprint density at radius 1 is 1.22 bits per heavy atom. The lowest BCUT2D eigenvalue weighted by atomic mass is 9.71. The van der Waals surface area contributed by atoms with Crippen molar-refractivity contribution in [3.63, 3.8) is 0 Å². The molecule has 4 rings (SSSR count). The number of allylic oxidation sites excluding steroid dienone is 1. The molecule has 3 aliphatic heterocycles. The number of rotatable bonds is 5. The summed E-state index contributed by atoms with van der Waals surface area (Å²) in [5.74, 6) is -3.08. The van der Waals surface area contributed by atoms with Crippen molar-refractivity contribution in [2.24, 2.45) is 0 Å². The highest BCUT2D eigenvalue weighted by Gasteiger charge is 2.68. The van der Waals surface area contributed by atoms with E-state index in [1.807, 2.05) is 0 Å². The summed E-state index contributed by atoms with van der Waals surface area (Å²) >= 11 is 0. The van der Waals surface area contributed by atoms with Crippen molar-refractivity contribution in [1.82, 2.24) is 0 Å². The molecule has 2 N–H and O–H groups in total. The van der Waals surface area contributed by atoms with Gasteiger partial charge < -0.3 is 33.9 Å². The highest BCUT2D eigenvalue weighted by Crippen LogP contribution is 2.55. The molecule has 0 aromatic carbocycles. The fraction of sp³-hybridized carbons (Fsp3) is 0.600. The molecular formula is C25H30O11. The number of aliphatic hydroxyl groups excluding tert-OH is 1. The minimum atomic E-state index is -1.76. The summed E-state index contributed by atoms with van der Waals surface area (Å²) in [5, 5.41) is 21.2. The van der Waals surface area contributed by atoms with Gasteiger partial charge in [0.25, 0.3) is 0 Å². The first-order valence-corrected chi connectivity index (χ1v) is 11.7. The number of hydrogen-bond acceptors (Lipinski definition) is 11. The summed E-state index contributed by atoms with van der Waals surface area (Å²) in [7, 11) is 0. The average molecular weight is 507 g/mol. The molecule has 11 heteroatoms. The first-order valence-electron chi connectivity index (χ1n) is 11.7. The Labute approximate surface area is 207 Å². The van der Waals surface area contributed by atoms with Crippen molar-refractivity contribution in [2.45, 2.75) is 82.1 Å². The minimum absolute atomic E-state index is 0.0382. The fourth-order valence-electron chi connectivity index (χ4n) is 5.34. The third-order valence-electron chi connectivity index (χ3n) is 7.55. The van der Waals surface area contributed by atoms with E-state index in [-0.39, 0.29) is 35.1 Å². The Kier molecular flexibility index (Phi) is 6.39. The van der Waals surface area contributed by atoms with Gasteiger partial charge in [-0.15, -0.1) is 0 Å². The maximum absolute atomic E-state index is 12.9. The van der Waals surface area contributed by atoms with Crippen LogP contribution in [0.15, 0.2) is 34.9 Å². The Hall–Kier alpha value is -3.02. The molecule has 0 aromatic rings. The predicted molar refractivity (Wildman–Crippen MR) is 120 cm³/mol. The summed E-state index contributed by atoms with van der Waals surface area (Å²) < 4.78 is 28.0. The zero-order valence-corrected chi connectivity index (χ0v) is 20.6. The molecule has 2 saturated heterocycles. The van der Waals surface area contributed by atoms with E-state index in [1.165, 1.54) is 19.9 Å². The van der Waals surface area contributed by atoms with Crippen LogP contribution in [0, 0.1) is 0 Å². The highest BCUT2D eigenvalue weighted by atomic mass is 16.7. The number of fused-ring (bicyclic) bond motifs is 4. The van der Waals surface area contributed by atoms with Crippen LogP contribution in [0.4, 0.5) is 0 Å². The average Bonchev–Trinajstić information content (AvgIpc) is 3.30. The van der Waals surface area contributed by atoms with Crippen LogP contribution in [-0.4, -0.2) is 82.4 Å². The van der Waals surface area contributed by atoms with Gasteiger partial charge in [0.2, 0.25) is 0 Å². The monoisotopic (exact) mass is 506 g/mol. The number of carbonyl (C=O) groups excluding carboxylic acids is 4. The van der Waals surface area contributed by atoms with E-state index in [4.69, 9.17) is 23.7 Å². The molecule has 11 nitrogen and oxygen atoms in total. The molecule has 1 saturated carbocycles. The lowest BCUT2D eigenvalue weighted by molar-refractivity contribution is -0.166. The van der Waals surface area contributed by atoms with Gasteiger partial charge in [-0.05, 0) is 33.6 Å². The van der Waals surface area contributed by atoms with E-state index >= 15 is 0 Å². The van der Waals surface area contributed by atoms with Gasteiger partial charge in [-0.25, -0.2) is 14.4 Å². The predicted octanol–water partition coefficient (Wildman–Crippen LogP) is 0.566. The van der Waals surface area contributed by atoms with E-state index in [9.17, 15) is 29.4 Å². The maximum Gasteiger partial charge on any atom is 0.338 e. The molecule has 36 heavy (non-hydrogen) atoms. The second-order valence-corrected chi connectivity index (χ2v) is 9.93. The van der Waals surface area contributed by atoms with Crippen molar-refractivity contribution in [3.05, 3.63) is 34.9 Å². The van der Waals surface area contributed by atoms with Gasteiger partial charge in [0.15, 0.2) is 6.10 Å². The second-order valence-electron chi connectivity index (χ2n) is 9.93. The molecule has 0 amide bonds. The summed E-state index contributed by atoms with van der Waals surface area (Å²) in [6, 6.07) is 0. The number of ether oxygens (including phenoxy) is 5. The number of hydrogen-bond donors (Lipinski definition) is 2. The fourth-order valence-corrected chi connectivity index (χ4v) is 5.34. The van der Waals surface area contributed by atoms with Gasteiger partial charge >= 0.3 is 23.9 Å². The lowest BCUT2D eigenvalue weighted by Gasteiger charge is -2.40. The van der Waals surface area contributed by atoms with E-state index in [2.05, 4.69) is 6.58 Å². The quantitative estimate of drug-likeness (QED) is 0.232. The molecule has 0 aromatic heterocycles. The molecule has 3 heterocycles. The van der Waals surface area contributed by atoms with Crippen molar-refractivity contribution in [2.75, 3.05) is 13.2 Å². The van der Waals surface area contributed by atoms with Gasteiger partial charge in [0, 0.05) is 18.9 Å². The normalized spacial score (nSPS) is 38.4. The van der Waals surface area contributed by atoms with Crippen molar-refractivity contribution in [3.8, 4) is 0 Å². The van der Waals surface area contributed by atoms with Crippen LogP contribution in [0.1, 0.15) is 47.0 Å². The van der Waals surface area contributed by atoms with Crippen LogP contribution in [-0.2, 0) is 42.9 Å². The van der Waals surface area contributed by atoms with Crippen LogP contribution >= 0.6 is 0 Å². The topological polar surface area (TPSA) is 158 Å². The zero-order chi connectivity index (χ0) is 26.6. The summed E-state index contributed by atoms with van der Waals surface area (Å²) in [5.41, 5.74) is -4.19. The lowest BCUT2D eigenvalue weighted by Crippen LogP contribution is -2.53. The Morgan fingerprint density at radius 3 is 2.53 bits per heavy atom. The number of esters is 4. The SMILES string of the molecule is C=C(CO)C(=O)OC1C[C@@]2(C)OC(=O)/C(=C\C)[C@]2(O)CC[C@@]2(C)O[C@@H]2[C@H]2OC(=O)C(COC(C)=O)=C12. The van der Waals surface area contributed by atoms with Crippen LogP contribution in [0.25, 0.3) is 0 Å². The van der Waals surface area contributed by atoms with Gasteiger partial charge in [0.1, 0.15) is 30.0 Å². The maximum atomic E-state index is 12.9. The molecule has 4 aliphatic rings. The van der Waals surface area contributed by atoms with Gasteiger partial charge in [-0.3, -0.25) is 4.79 Å². The summed E-state index contributed by atoms with van der Waals surface area (Å²) in [6.07, 6.45) is -1.26. The molecule has 0 bridgehead atoms. The molecule has 1 aliphatic carbocycles. The first-order chi connectivity index (χ1) is 16.8. The first kappa shape index (κ1) is 26.1. The van der Waals surface area contributed by atoms with Gasteiger partial charge in [-0.1, -0.05) is 12.7 Å². The van der Waals surface area contributed by atoms with Crippen LogP contribution in [0.3, 0.4) is 0 Å². The summed E-state index contributed by atoms with van der Waals surface area (Å²) in [6.45, 7) is 8.47. The Bertz CT molecular complexity index is 1100. The Balaban J connectivity index is 1.88. The highest BCUT2D eigenvalue weighted by molar-refractivity contribution is 5.95. The second kappa shape index (κ2) is 8.82. The van der Waals surface area contributed by atoms with Crippen LogP contribution in [0.2, 0.25) is 0 Å². The minimum Gasteiger partial charge on any atom is -0.461 e. The molecule has 0 radical (unpaired) electrons. The zero-order valence-electron chi connectivity index (χ0n) is 20.6. The molecule has 6 atom stereocenters. The third-order valence-corrected chi connectivity index (χ3v) is 7.55. The molecule has 0 spiro atoms. The third kappa shape index (κ3) is 4.04. The van der Waals surface area contributed by atoms with Gasteiger partial charge in [-0.2, -0.15) is 0 Å². The van der Waals surface area contributed by atoms with Crippen LogP contribution in [0.5, 0.6) is 0 Å². The molecular weight excluding hydrogens is 476 g/mol. The molecule has 3 fully saturated rings. The summed E-state index contributed by atoms with van der Waals surface area (Å²) in [4.78, 5) is 49.9. The van der Waals surface area contributed by atoms with E-state index in [1.54, 1.807) is 13.8 Å². The molecule has 1 unspecified atom stereocenters. The van der Waals surface area contributed by atoms with Crippen LogP contribution < -0.4 is 0 Å². The van der Waals surface area contributed by atoms with Crippen molar-refractivity contribution >= 4 is 23.9 Å². The Morgan fingerprint density at radius 2 is 1.92 bits per heavy atom. The number of carbonyl (C=O) groups is 4. The smallest absolute Gasteiger partial charge is 0.338 e. The van der Waals surface area contributed by atoms with Crippen molar-refractivity contribution < 1.29 is 53.1 Å².